The lowest BCUT2D eigenvalue weighted by atomic mass is 10.0. The molecule has 1 atom stereocenters. The lowest BCUT2D eigenvalue weighted by molar-refractivity contribution is -0.142. The topological polar surface area (TPSA) is 109 Å². The van der Waals surface area contributed by atoms with Crippen LogP contribution in [0.15, 0.2) is 24.3 Å². The standard InChI is InChI=1S/C15H18N2O5/c1-21-6-7-22-10-14(18)17-13(15(19)20)8-11-4-2-3-5-12(11)9-16/h2-5,13H,6-8,10H2,1H3,(H,17,18)(H,19,20)/t13-/m1/s1. The molecule has 1 aromatic rings. The smallest absolute Gasteiger partial charge is 0.326 e. The first-order valence-electron chi connectivity index (χ1n) is 6.65. The molecule has 0 saturated carbocycles. The third-order valence-electron chi connectivity index (χ3n) is 2.86. The zero-order valence-corrected chi connectivity index (χ0v) is 12.2. The van der Waals surface area contributed by atoms with Crippen LogP contribution in [0.5, 0.6) is 0 Å². The van der Waals surface area contributed by atoms with Crippen LogP contribution in [0.25, 0.3) is 0 Å². The summed E-state index contributed by atoms with van der Waals surface area (Å²) in [5.41, 5.74) is 0.956. The number of hydrogen-bond donors (Lipinski definition) is 2. The van der Waals surface area contributed by atoms with E-state index < -0.39 is 17.9 Å². The maximum atomic E-state index is 11.7. The van der Waals surface area contributed by atoms with Gasteiger partial charge in [0, 0.05) is 13.5 Å². The predicted octanol–water partition coefficient (Wildman–Crippen LogP) is 0.333. The maximum Gasteiger partial charge on any atom is 0.326 e. The van der Waals surface area contributed by atoms with E-state index in [-0.39, 0.29) is 19.6 Å². The van der Waals surface area contributed by atoms with Crippen LogP contribution in [-0.4, -0.2) is 50.0 Å². The second-order valence-electron chi connectivity index (χ2n) is 4.48. The lowest BCUT2D eigenvalue weighted by Gasteiger charge is -2.15. The number of benzene rings is 1. The van der Waals surface area contributed by atoms with Crippen molar-refractivity contribution in [2.45, 2.75) is 12.5 Å². The first kappa shape index (κ1) is 17.6. The van der Waals surface area contributed by atoms with Gasteiger partial charge >= 0.3 is 5.97 Å². The quantitative estimate of drug-likeness (QED) is 0.637. The minimum absolute atomic E-state index is 0.0306. The number of amides is 1. The molecule has 7 heteroatoms. The zero-order chi connectivity index (χ0) is 16.4. The molecule has 0 heterocycles. The molecule has 0 aliphatic heterocycles. The van der Waals surface area contributed by atoms with Crippen molar-refractivity contribution in [1.29, 1.82) is 5.26 Å². The molecule has 0 bridgehead atoms. The minimum atomic E-state index is -1.17. The lowest BCUT2D eigenvalue weighted by Crippen LogP contribution is -2.44. The van der Waals surface area contributed by atoms with Crippen LogP contribution >= 0.6 is 0 Å². The van der Waals surface area contributed by atoms with Crippen molar-refractivity contribution in [3.8, 4) is 6.07 Å². The van der Waals surface area contributed by atoms with E-state index in [0.29, 0.717) is 17.7 Å². The van der Waals surface area contributed by atoms with Crippen LogP contribution in [-0.2, 0) is 25.5 Å². The Bertz CT molecular complexity index is 553. The molecular formula is C15H18N2O5. The summed E-state index contributed by atoms with van der Waals surface area (Å²) in [4.78, 5) is 22.9. The summed E-state index contributed by atoms with van der Waals surface area (Å²) in [6.45, 7) is 0.358. The molecule has 0 saturated heterocycles. The molecule has 0 unspecified atom stereocenters. The number of nitriles is 1. The highest BCUT2D eigenvalue weighted by Crippen LogP contribution is 2.10. The number of ether oxygens (including phenoxy) is 2. The normalized spacial score (nSPS) is 11.5. The molecule has 0 aliphatic rings. The number of nitrogens with one attached hydrogen (secondary N) is 1. The molecule has 1 rings (SSSR count). The Hall–Kier alpha value is -2.43. The number of methoxy groups -OCH3 is 1. The number of nitrogens with zero attached hydrogens (tertiary/aromatic N) is 1. The Morgan fingerprint density at radius 1 is 1.36 bits per heavy atom. The number of carboxylic acid groups (broad SMARTS) is 1. The van der Waals surface area contributed by atoms with Gasteiger partial charge in [-0.1, -0.05) is 18.2 Å². The molecule has 0 spiro atoms. The summed E-state index contributed by atoms with van der Waals surface area (Å²) in [5.74, 6) is -1.70. The van der Waals surface area contributed by atoms with E-state index in [2.05, 4.69) is 5.32 Å². The summed E-state index contributed by atoms with van der Waals surface area (Å²) >= 11 is 0. The van der Waals surface area contributed by atoms with E-state index in [1.54, 1.807) is 24.3 Å². The SMILES string of the molecule is COCCOCC(=O)N[C@H](Cc1ccccc1C#N)C(=O)O. The monoisotopic (exact) mass is 306 g/mol. The van der Waals surface area contributed by atoms with E-state index in [1.165, 1.54) is 7.11 Å². The number of aliphatic carboxylic acids is 1. The van der Waals surface area contributed by atoms with Crippen molar-refractivity contribution >= 4 is 11.9 Å². The van der Waals surface area contributed by atoms with Crippen LogP contribution in [0.2, 0.25) is 0 Å². The summed E-state index contributed by atoms with van der Waals surface area (Å²) in [6, 6.07) is 7.55. The molecule has 1 amide bonds. The molecule has 0 aliphatic carbocycles. The van der Waals surface area contributed by atoms with Crippen LogP contribution in [0.4, 0.5) is 0 Å². The van der Waals surface area contributed by atoms with Crippen LogP contribution < -0.4 is 5.32 Å². The van der Waals surface area contributed by atoms with Crippen molar-refractivity contribution in [3.05, 3.63) is 35.4 Å². The number of rotatable bonds is 9. The van der Waals surface area contributed by atoms with Gasteiger partial charge in [-0.25, -0.2) is 4.79 Å². The van der Waals surface area contributed by atoms with Gasteiger partial charge in [0.15, 0.2) is 0 Å². The molecule has 0 radical (unpaired) electrons. The van der Waals surface area contributed by atoms with Crippen LogP contribution in [0.3, 0.4) is 0 Å². The second kappa shape index (κ2) is 9.50. The van der Waals surface area contributed by atoms with Gasteiger partial charge in [0.05, 0.1) is 24.8 Å². The largest absolute Gasteiger partial charge is 0.480 e. The van der Waals surface area contributed by atoms with E-state index >= 15 is 0 Å². The molecule has 22 heavy (non-hydrogen) atoms. The maximum absolute atomic E-state index is 11.7. The average molecular weight is 306 g/mol. The Morgan fingerprint density at radius 2 is 2.09 bits per heavy atom. The van der Waals surface area contributed by atoms with E-state index in [4.69, 9.17) is 14.7 Å². The first-order valence-corrected chi connectivity index (χ1v) is 6.65. The molecule has 0 fully saturated rings. The van der Waals surface area contributed by atoms with Crippen molar-refractivity contribution in [1.82, 2.24) is 5.32 Å². The molecule has 118 valence electrons. The summed E-state index contributed by atoms with van der Waals surface area (Å²) in [7, 11) is 1.51. The highest BCUT2D eigenvalue weighted by Gasteiger charge is 2.21. The number of carbonyl (C=O) groups excluding carboxylic acids is 1. The van der Waals surface area contributed by atoms with Crippen molar-refractivity contribution in [2.24, 2.45) is 0 Å². The Kier molecular flexibility index (Phi) is 7.61. The number of carbonyl (C=O) groups is 2. The first-order chi connectivity index (χ1) is 10.6. The van der Waals surface area contributed by atoms with Crippen LogP contribution in [0, 0.1) is 11.3 Å². The fraction of sp³-hybridized carbons (Fsp3) is 0.400. The summed E-state index contributed by atoms with van der Waals surface area (Å²) in [5, 5.41) is 20.6. The fourth-order valence-electron chi connectivity index (χ4n) is 1.77. The number of carboxylic acids is 1. The van der Waals surface area contributed by atoms with Crippen molar-refractivity contribution in [2.75, 3.05) is 26.9 Å². The van der Waals surface area contributed by atoms with Crippen molar-refractivity contribution < 1.29 is 24.2 Å². The van der Waals surface area contributed by atoms with Gasteiger partial charge in [-0.15, -0.1) is 0 Å². The van der Waals surface area contributed by atoms with Gasteiger partial charge in [0.25, 0.3) is 0 Å². The fourth-order valence-corrected chi connectivity index (χ4v) is 1.77. The predicted molar refractivity (Wildman–Crippen MR) is 77.1 cm³/mol. The highest BCUT2D eigenvalue weighted by atomic mass is 16.5. The van der Waals surface area contributed by atoms with Gasteiger partial charge in [0.2, 0.25) is 5.91 Å². The highest BCUT2D eigenvalue weighted by molar-refractivity contribution is 5.84. The van der Waals surface area contributed by atoms with E-state index in [1.807, 2.05) is 6.07 Å². The zero-order valence-electron chi connectivity index (χ0n) is 12.2. The Labute approximate surface area is 128 Å². The summed E-state index contributed by atoms with van der Waals surface area (Å²) in [6.07, 6.45) is 0.0306. The van der Waals surface area contributed by atoms with Gasteiger partial charge in [-0.2, -0.15) is 5.26 Å². The van der Waals surface area contributed by atoms with E-state index in [9.17, 15) is 14.7 Å². The third-order valence-corrected chi connectivity index (χ3v) is 2.86. The van der Waals surface area contributed by atoms with Gasteiger partial charge in [-0.05, 0) is 11.6 Å². The Balaban J connectivity index is 2.61. The van der Waals surface area contributed by atoms with Crippen LogP contribution in [0.1, 0.15) is 11.1 Å². The van der Waals surface area contributed by atoms with Gasteiger partial charge in [-0.3, -0.25) is 4.79 Å². The van der Waals surface area contributed by atoms with Gasteiger partial charge < -0.3 is 19.9 Å². The average Bonchev–Trinajstić information content (AvgIpc) is 2.51. The molecular weight excluding hydrogens is 288 g/mol. The second-order valence-corrected chi connectivity index (χ2v) is 4.48. The van der Waals surface area contributed by atoms with E-state index in [0.717, 1.165) is 0 Å². The van der Waals surface area contributed by atoms with Gasteiger partial charge in [0.1, 0.15) is 12.6 Å². The Morgan fingerprint density at radius 3 is 2.73 bits per heavy atom. The molecule has 2 N–H and O–H groups in total. The number of hydrogen-bond acceptors (Lipinski definition) is 5. The molecule has 0 aromatic heterocycles. The minimum Gasteiger partial charge on any atom is -0.480 e. The van der Waals surface area contributed by atoms with Crippen molar-refractivity contribution in [3.63, 3.8) is 0 Å². The summed E-state index contributed by atoms with van der Waals surface area (Å²) < 4.78 is 9.80. The third kappa shape index (κ3) is 5.91. The molecule has 1 aromatic carbocycles. The molecule has 7 nitrogen and oxygen atoms in total.